The maximum absolute atomic E-state index is 12.1. The number of nitrogens with one attached hydrogen (secondary N) is 2. The van der Waals surface area contributed by atoms with Gasteiger partial charge in [-0.2, -0.15) is 0 Å². The SMILES string of the molecule is CCCC(CCC)C(=O)NC1C2CNCC21. The van der Waals surface area contributed by atoms with Crippen LogP contribution in [0.5, 0.6) is 0 Å². The Kier molecular flexibility index (Phi) is 3.85. The molecule has 2 atom stereocenters. The first-order valence-electron chi connectivity index (χ1n) is 6.79. The van der Waals surface area contributed by atoms with Crippen molar-refractivity contribution >= 4 is 5.91 Å². The van der Waals surface area contributed by atoms with Crippen molar-refractivity contribution in [2.45, 2.75) is 45.6 Å². The Morgan fingerprint density at radius 3 is 2.31 bits per heavy atom. The number of rotatable bonds is 6. The standard InChI is InChI=1S/C13H24N2O/c1-3-5-9(6-4-2)13(16)15-12-10-7-14-8-11(10)12/h9-12,14H,3-8H2,1-2H3,(H,15,16). The van der Waals surface area contributed by atoms with Crippen molar-refractivity contribution in [1.29, 1.82) is 0 Å². The summed E-state index contributed by atoms with van der Waals surface area (Å²) in [5.74, 6) is 2.02. The molecule has 1 aliphatic heterocycles. The Morgan fingerprint density at radius 1 is 1.25 bits per heavy atom. The zero-order valence-corrected chi connectivity index (χ0v) is 10.5. The van der Waals surface area contributed by atoms with Gasteiger partial charge in [0.15, 0.2) is 0 Å². The van der Waals surface area contributed by atoms with Crippen LogP contribution in [0.3, 0.4) is 0 Å². The van der Waals surface area contributed by atoms with Crippen LogP contribution >= 0.6 is 0 Å². The largest absolute Gasteiger partial charge is 0.352 e. The second kappa shape index (κ2) is 5.17. The minimum Gasteiger partial charge on any atom is -0.352 e. The van der Waals surface area contributed by atoms with Crippen LogP contribution in [-0.2, 0) is 4.79 Å². The van der Waals surface area contributed by atoms with Crippen molar-refractivity contribution in [2.75, 3.05) is 13.1 Å². The zero-order chi connectivity index (χ0) is 11.5. The van der Waals surface area contributed by atoms with E-state index in [0.717, 1.165) is 50.6 Å². The van der Waals surface area contributed by atoms with Gasteiger partial charge in [0.2, 0.25) is 5.91 Å². The Labute approximate surface area is 98.4 Å². The molecule has 16 heavy (non-hydrogen) atoms. The molecule has 1 saturated carbocycles. The van der Waals surface area contributed by atoms with Crippen LogP contribution in [0.4, 0.5) is 0 Å². The van der Waals surface area contributed by atoms with E-state index in [1.165, 1.54) is 0 Å². The van der Waals surface area contributed by atoms with E-state index in [-0.39, 0.29) is 5.92 Å². The first-order valence-corrected chi connectivity index (χ1v) is 6.79. The summed E-state index contributed by atoms with van der Waals surface area (Å²) in [4.78, 5) is 12.1. The molecule has 2 rings (SSSR count). The van der Waals surface area contributed by atoms with Gasteiger partial charge in [-0.3, -0.25) is 4.79 Å². The predicted molar refractivity (Wildman–Crippen MR) is 65.1 cm³/mol. The Balaban J connectivity index is 1.77. The second-order valence-electron chi connectivity index (χ2n) is 5.29. The molecule has 0 spiro atoms. The highest BCUT2D eigenvalue weighted by Gasteiger charge is 2.53. The van der Waals surface area contributed by atoms with Crippen LogP contribution in [0.15, 0.2) is 0 Å². The van der Waals surface area contributed by atoms with Crippen LogP contribution < -0.4 is 10.6 Å². The summed E-state index contributed by atoms with van der Waals surface area (Å²) >= 11 is 0. The van der Waals surface area contributed by atoms with Gasteiger partial charge < -0.3 is 10.6 Å². The molecule has 1 heterocycles. The van der Waals surface area contributed by atoms with E-state index in [1.807, 2.05) is 0 Å². The number of carbonyl (C=O) groups excluding carboxylic acids is 1. The van der Waals surface area contributed by atoms with Gasteiger partial charge in [0, 0.05) is 25.0 Å². The van der Waals surface area contributed by atoms with Crippen molar-refractivity contribution in [1.82, 2.24) is 10.6 Å². The first kappa shape index (κ1) is 11.9. The summed E-state index contributed by atoms with van der Waals surface area (Å²) in [6, 6.07) is 0.491. The molecule has 1 saturated heterocycles. The fourth-order valence-electron chi connectivity index (χ4n) is 3.02. The molecule has 0 radical (unpaired) electrons. The van der Waals surface area contributed by atoms with Gasteiger partial charge in [0.25, 0.3) is 0 Å². The first-order chi connectivity index (χ1) is 7.77. The smallest absolute Gasteiger partial charge is 0.223 e. The average molecular weight is 224 g/mol. The van der Waals surface area contributed by atoms with Crippen LogP contribution in [0.2, 0.25) is 0 Å². The summed E-state index contributed by atoms with van der Waals surface area (Å²) in [5, 5.41) is 6.60. The minimum absolute atomic E-state index is 0.254. The normalized spacial score (nSPS) is 31.6. The third kappa shape index (κ3) is 2.40. The summed E-state index contributed by atoms with van der Waals surface area (Å²) in [6.45, 7) is 6.51. The molecule has 1 amide bonds. The zero-order valence-electron chi connectivity index (χ0n) is 10.5. The molecule has 0 aromatic heterocycles. The summed E-state index contributed by atoms with van der Waals surface area (Å²) in [7, 11) is 0. The number of fused-ring (bicyclic) bond motifs is 1. The monoisotopic (exact) mass is 224 g/mol. The van der Waals surface area contributed by atoms with E-state index in [0.29, 0.717) is 11.9 Å². The lowest BCUT2D eigenvalue weighted by Crippen LogP contribution is -2.36. The van der Waals surface area contributed by atoms with E-state index in [9.17, 15) is 4.79 Å². The quantitative estimate of drug-likeness (QED) is 0.718. The average Bonchev–Trinajstić information content (AvgIpc) is 2.74. The molecule has 0 bridgehead atoms. The van der Waals surface area contributed by atoms with Crippen molar-refractivity contribution in [3.8, 4) is 0 Å². The van der Waals surface area contributed by atoms with Crippen LogP contribution in [0.1, 0.15) is 39.5 Å². The van der Waals surface area contributed by atoms with Crippen LogP contribution in [-0.4, -0.2) is 25.0 Å². The lowest BCUT2D eigenvalue weighted by Gasteiger charge is -2.16. The van der Waals surface area contributed by atoms with E-state index in [1.54, 1.807) is 0 Å². The molecule has 92 valence electrons. The van der Waals surface area contributed by atoms with Gasteiger partial charge >= 0.3 is 0 Å². The molecule has 2 N–H and O–H groups in total. The van der Waals surface area contributed by atoms with Crippen molar-refractivity contribution in [3.63, 3.8) is 0 Å². The number of hydrogen-bond acceptors (Lipinski definition) is 2. The van der Waals surface area contributed by atoms with Gasteiger partial charge in [-0.15, -0.1) is 0 Å². The van der Waals surface area contributed by atoms with Gasteiger partial charge in [-0.1, -0.05) is 26.7 Å². The molecular formula is C13H24N2O. The molecule has 0 aromatic carbocycles. The Morgan fingerprint density at radius 2 is 1.81 bits per heavy atom. The van der Waals surface area contributed by atoms with Crippen LogP contribution in [0, 0.1) is 17.8 Å². The molecule has 0 aromatic rings. The second-order valence-corrected chi connectivity index (χ2v) is 5.29. The van der Waals surface area contributed by atoms with E-state index >= 15 is 0 Å². The van der Waals surface area contributed by atoms with E-state index in [2.05, 4.69) is 24.5 Å². The lowest BCUT2D eigenvalue weighted by molar-refractivity contribution is -0.125. The van der Waals surface area contributed by atoms with Gasteiger partial charge in [-0.25, -0.2) is 0 Å². The fraction of sp³-hybridized carbons (Fsp3) is 0.923. The Hall–Kier alpha value is -0.570. The molecule has 2 aliphatic rings. The van der Waals surface area contributed by atoms with Gasteiger partial charge in [0.05, 0.1) is 0 Å². The number of amides is 1. The number of piperidine rings is 1. The predicted octanol–water partition coefficient (Wildman–Crippen LogP) is 1.54. The van der Waals surface area contributed by atoms with Crippen molar-refractivity contribution in [2.24, 2.45) is 17.8 Å². The number of hydrogen-bond donors (Lipinski definition) is 2. The maximum atomic E-state index is 12.1. The molecule has 1 aliphatic carbocycles. The highest BCUT2D eigenvalue weighted by Crippen LogP contribution is 2.41. The molecule has 3 nitrogen and oxygen atoms in total. The van der Waals surface area contributed by atoms with E-state index < -0.39 is 0 Å². The van der Waals surface area contributed by atoms with Gasteiger partial charge in [0.1, 0.15) is 0 Å². The van der Waals surface area contributed by atoms with Crippen molar-refractivity contribution in [3.05, 3.63) is 0 Å². The topological polar surface area (TPSA) is 41.1 Å². The maximum Gasteiger partial charge on any atom is 0.223 e. The molecule has 2 fully saturated rings. The summed E-state index contributed by atoms with van der Waals surface area (Å²) in [6.07, 6.45) is 4.30. The van der Waals surface area contributed by atoms with Gasteiger partial charge in [-0.05, 0) is 24.7 Å². The number of carbonyl (C=O) groups is 1. The summed E-state index contributed by atoms with van der Waals surface area (Å²) < 4.78 is 0. The molecule has 2 unspecified atom stereocenters. The summed E-state index contributed by atoms with van der Waals surface area (Å²) in [5.41, 5.74) is 0. The molecule has 3 heteroatoms. The van der Waals surface area contributed by atoms with Crippen LogP contribution in [0.25, 0.3) is 0 Å². The Bertz CT molecular complexity index is 238. The highest BCUT2D eigenvalue weighted by molar-refractivity contribution is 5.79. The minimum atomic E-state index is 0.254. The fourth-order valence-corrected chi connectivity index (χ4v) is 3.02. The van der Waals surface area contributed by atoms with E-state index in [4.69, 9.17) is 0 Å². The third-order valence-electron chi connectivity index (χ3n) is 4.05. The van der Waals surface area contributed by atoms with Crippen molar-refractivity contribution < 1.29 is 4.79 Å². The lowest BCUT2D eigenvalue weighted by atomic mass is 9.97. The third-order valence-corrected chi connectivity index (χ3v) is 4.05. The highest BCUT2D eigenvalue weighted by atomic mass is 16.2. The molecular weight excluding hydrogens is 200 g/mol.